The minimum absolute atomic E-state index is 0.233. The molecule has 0 unspecified atom stereocenters. The predicted octanol–water partition coefficient (Wildman–Crippen LogP) is 4.69. The van der Waals surface area contributed by atoms with Crippen molar-refractivity contribution in [1.82, 2.24) is 0 Å². The fourth-order valence-corrected chi connectivity index (χ4v) is 2.82. The van der Waals surface area contributed by atoms with Gasteiger partial charge in [-0.15, -0.1) is 0 Å². The highest BCUT2D eigenvalue weighted by molar-refractivity contribution is 6.02. The summed E-state index contributed by atoms with van der Waals surface area (Å²) in [7, 11) is 0. The highest BCUT2D eigenvalue weighted by Gasteiger charge is 2.12. The SMILES string of the molecule is CCCCOc1ccc(/C=C/C(=O)Nc2ccc3c(c2)OCCO3)cc1OCC. The van der Waals surface area contributed by atoms with E-state index in [0.29, 0.717) is 49.4 Å². The third-order valence-corrected chi connectivity index (χ3v) is 4.26. The smallest absolute Gasteiger partial charge is 0.248 e. The zero-order valence-electron chi connectivity index (χ0n) is 16.9. The number of rotatable bonds is 9. The van der Waals surface area contributed by atoms with E-state index in [1.165, 1.54) is 6.08 Å². The molecule has 0 spiro atoms. The molecule has 2 aromatic carbocycles. The van der Waals surface area contributed by atoms with E-state index in [2.05, 4.69) is 12.2 Å². The number of hydrogen-bond donors (Lipinski definition) is 1. The molecule has 0 fully saturated rings. The van der Waals surface area contributed by atoms with Gasteiger partial charge in [-0.2, -0.15) is 0 Å². The van der Waals surface area contributed by atoms with Gasteiger partial charge in [0, 0.05) is 17.8 Å². The Kier molecular flexibility index (Phi) is 7.39. The van der Waals surface area contributed by atoms with Gasteiger partial charge in [0.2, 0.25) is 5.91 Å². The predicted molar refractivity (Wildman–Crippen MR) is 113 cm³/mol. The van der Waals surface area contributed by atoms with Crippen molar-refractivity contribution in [1.29, 1.82) is 0 Å². The topological polar surface area (TPSA) is 66.0 Å². The Balaban J connectivity index is 1.63. The number of ether oxygens (including phenoxy) is 4. The number of anilines is 1. The number of benzene rings is 2. The fourth-order valence-electron chi connectivity index (χ4n) is 2.82. The van der Waals surface area contributed by atoms with Crippen LogP contribution in [-0.2, 0) is 4.79 Å². The molecule has 6 heteroatoms. The molecule has 3 rings (SSSR count). The Hall–Kier alpha value is -3.15. The van der Waals surface area contributed by atoms with E-state index in [1.54, 1.807) is 24.3 Å². The normalized spacial score (nSPS) is 12.6. The molecule has 0 atom stereocenters. The van der Waals surface area contributed by atoms with Crippen molar-refractivity contribution in [3.05, 3.63) is 48.0 Å². The largest absolute Gasteiger partial charge is 0.490 e. The average Bonchev–Trinajstić information content (AvgIpc) is 2.74. The molecule has 1 aliphatic rings. The summed E-state index contributed by atoms with van der Waals surface area (Å²) in [6.07, 6.45) is 5.29. The molecule has 1 N–H and O–H groups in total. The molecule has 6 nitrogen and oxygen atoms in total. The van der Waals surface area contributed by atoms with Crippen molar-refractivity contribution in [2.24, 2.45) is 0 Å². The van der Waals surface area contributed by atoms with Crippen LogP contribution in [0.25, 0.3) is 6.08 Å². The average molecular weight is 397 g/mol. The van der Waals surface area contributed by atoms with Gasteiger partial charge in [0.25, 0.3) is 0 Å². The van der Waals surface area contributed by atoms with Gasteiger partial charge < -0.3 is 24.3 Å². The van der Waals surface area contributed by atoms with Gasteiger partial charge >= 0.3 is 0 Å². The Morgan fingerprint density at radius 1 is 1.03 bits per heavy atom. The van der Waals surface area contributed by atoms with Gasteiger partial charge in [-0.3, -0.25) is 4.79 Å². The molecule has 0 aromatic heterocycles. The Morgan fingerprint density at radius 2 is 1.86 bits per heavy atom. The maximum absolute atomic E-state index is 12.3. The Bertz CT molecular complexity index is 862. The van der Waals surface area contributed by atoms with Gasteiger partial charge in [-0.25, -0.2) is 0 Å². The summed E-state index contributed by atoms with van der Waals surface area (Å²) in [5.41, 5.74) is 1.51. The zero-order valence-corrected chi connectivity index (χ0v) is 16.9. The van der Waals surface area contributed by atoms with Crippen LogP contribution in [-0.4, -0.2) is 32.3 Å². The molecule has 154 valence electrons. The number of amides is 1. The summed E-state index contributed by atoms with van der Waals surface area (Å²) in [4.78, 5) is 12.3. The minimum Gasteiger partial charge on any atom is -0.490 e. The van der Waals surface area contributed by atoms with Crippen LogP contribution in [0.4, 0.5) is 5.69 Å². The number of carbonyl (C=O) groups excluding carboxylic acids is 1. The lowest BCUT2D eigenvalue weighted by Crippen LogP contribution is -2.16. The molecule has 0 saturated heterocycles. The lowest BCUT2D eigenvalue weighted by Gasteiger charge is -2.18. The number of hydrogen-bond acceptors (Lipinski definition) is 5. The Morgan fingerprint density at radius 3 is 2.66 bits per heavy atom. The summed E-state index contributed by atoms with van der Waals surface area (Å²) in [5, 5.41) is 2.83. The maximum Gasteiger partial charge on any atom is 0.248 e. The van der Waals surface area contributed by atoms with Gasteiger partial charge in [0.1, 0.15) is 13.2 Å². The van der Waals surface area contributed by atoms with Crippen LogP contribution in [0.1, 0.15) is 32.3 Å². The molecule has 1 amide bonds. The molecule has 0 aliphatic carbocycles. The summed E-state index contributed by atoms with van der Waals surface area (Å²) >= 11 is 0. The summed E-state index contributed by atoms with van der Waals surface area (Å²) in [6.45, 7) is 6.29. The van der Waals surface area contributed by atoms with Gasteiger partial charge in [-0.05, 0) is 49.2 Å². The number of unbranched alkanes of at least 4 members (excludes halogenated alkanes) is 1. The second-order valence-corrected chi connectivity index (χ2v) is 6.52. The molecule has 0 bridgehead atoms. The van der Waals surface area contributed by atoms with E-state index in [0.717, 1.165) is 24.2 Å². The quantitative estimate of drug-likeness (QED) is 0.491. The van der Waals surface area contributed by atoms with Gasteiger partial charge in [0.15, 0.2) is 23.0 Å². The number of fused-ring (bicyclic) bond motifs is 1. The van der Waals surface area contributed by atoms with E-state index >= 15 is 0 Å². The van der Waals surface area contributed by atoms with Crippen molar-refractivity contribution < 1.29 is 23.7 Å². The molecule has 1 heterocycles. The van der Waals surface area contributed by atoms with Crippen molar-refractivity contribution in [3.8, 4) is 23.0 Å². The second kappa shape index (κ2) is 10.4. The van der Waals surface area contributed by atoms with Crippen molar-refractivity contribution in [3.63, 3.8) is 0 Å². The minimum atomic E-state index is -0.233. The standard InChI is InChI=1S/C23H27NO5/c1-3-5-12-27-19-9-6-17(15-21(19)26-4-2)7-11-23(25)24-18-8-10-20-22(16-18)29-14-13-28-20/h6-11,15-16H,3-5,12-14H2,1-2H3,(H,24,25)/b11-7+. The van der Waals surface area contributed by atoms with E-state index in [4.69, 9.17) is 18.9 Å². The van der Waals surface area contributed by atoms with Crippen LogP contribution in [0.2, 0.25) is 0 Å². The van der Waals surface area contributed by atoms with Crippen LogP contribution in [0.5, 0.6) is 23.0 Å². The summed E-state index contributed by atoms with van der Waals surface area (Å²) in [6, 6.07) is 11.0. The molecule has 29 heavy (non-hydrogen) atoms. The molecule has 1 aliphatic heterocycles. The van der Waals surface area contributed by atoms with Gasteiger partial charge in [-0.1, -0.05) is 19.4 Å². The highest BCUT2D eigenvalue weighted by Crippen LogP contribution is 2.32. The van der Waals surface area contributed by atoms with Gasteiger partial charge in [0.05, 0.1) is 13.2 Å². The monoisotopic (exact) mass is 397 g/mol. The van der Waals surface area contributed by atoms with Crippen LogP contribution in [0, 0.1) is 0 Å². The van der Waals surface area contributed by atoms with Crippen LogP contribution in [0.15, 0.2) is 42.5 Å². The summed E-state index contributed by atoms with van der Waals surface area (Å²) < 4.78 is 22.5. The molecular formula is C23H27NO5. The summed E-state index contributed by atoms with van der Waals surface area (Å²) in [5.74, 6) is 2.49. The lowest BCUT2D eigenvalue weighted by molar-refractivity contribution is -0.111. The highest BCUT2D eigenvalue weighted by atomic mass is 16.6. The first-order valence-electron chi connectivity index (χ1n) is 9.98. The lowest BCUT2D eigenvalue weighted by atomic mass is 10.2. The first-order chi connectivity index (χ1) is 14.2. The fraction of sp³-hybridized carbons (Fsp3) is 0.348. The van der Waals surface area contributed by atoms with Crippen LogP contribution in [0.3, 0.4) is 0 Å². The van der Waals surface area contributed by atoms with E-state index in [-0.39, 0.29) is 5.91 Å². The molecule has 0 saturated carbocycles. The van der Waals surface area contributed by atoms with Crippen molar-refractivity contribution in [2.75, 3.05) is 31.7 Å². The van der Waals surface area contributed by atoms with Crippen LogP contribution >= 0.6 is 0 Å². The second-order valence-electron chi connectivity index (χ2n) is 6.52. The molecule has 2 aromatic rings. The van der Waals surface area contributed by atoms with E-state index < -0.39 is 0 Å². The Labute approximate surface area is 171 Å². The third-order valence-electron chi connectivity index (χ3n) is 4.26. The molecule has 0 radical (unpaired) electrons. The van der Waals surface area contributed by atoms with E-state index in [9.17, 15) is 4.79 Å². The third kappa shape index (κ3) is 5.91. The van der Waals surface area contributed by atoms with E-state index in [1.807, 2.05) is 25.1 Å². The van der Waals surface area contributed by atoms with Crippen LogP contribution < -0.4 is 24.3 Å². The van der Waals surface area contributed by atoms with Crippen molar-refractivity contribution >= 4 is 17.7 Å². The molecular weight excluding hydrogens is 370 g/mol. The number of nitrogens with one attached hydrogen (secondary N) is 1. The first-order valence-corrected chi connectivity index (χ1v) is 9.98. The number of carbonyl (C=O) groups is 1. The van der Waals surface area contributed by atoms with Crippen molar-refractivity contribution in [2.45, 2.75) is 26.7 Å². The zero-order chi connectivity index (χ0) is 20.5. The first kappa shape index (κ1) is 20.6. The maximum atomic E-state index is 12.3.